The van der Waals surface area contributed by atoms with Gasteiger partial charge in [-0.1, -0.05) is 18.2 Å². The normalized spacial score (nSPS) is 21.4. The molecule has 5 heteroatoms. The summed E-state index contributed by atoms with van der Waals surface area (Å²) in [4.78, 5) is 27.2. The number of hydrogen-bond acceptors (Lipinski definition) is 3. The number of hydrogen-bond donors (Lipinski definition) is 2. The molecule has 2 unspecified atom stereocenters. The first kappa shape index (κ1) is 14.2. The van der Waals surface area contributed by atoms with E-state index in [1.165, 1.54) is 0 Å². The van der Waals surface area contributed by atoms with Crippen molar-refractivity contribution < 1.29 is 14.7 Å². The molecule has 0 saturated heterocycles. The van der Waals surface area contributed by atoms with Crippen LogP contribution in [0.4, 0.5) is 0 Å². The number of pyridine rings is 1. The summed E-state index contributed by atoms with van der Waals surface area (Å²) in [5, 5.41) is 12.0. The summed E-state index contributed by atoms with van der Waals surface area (Å²) in [6, 6.07) is 3.80. The molecule has 1 aromatic rings. The lowest BCUT2D eigenvalue weighted by atomic mass is 9.82. The van der Waals surface area contributed by atoms with Crippen molar-refractivity contribution in [1.82, 2.24) is 10.3 Å². The Balaban J connectivity index is 1.85. The van der Waals surface area contributed by atoms with E-state index in [0.717, 1.165) is 5.56 Å². The van der Waals surface area contributed by atoms with Gasteiger partial charge in [0.2, 0.25) is 5.91 Å². The van der Waals surface area contributed by atoms with Gasteiger partial charge in [-0.15, -0.1) is 0 Å². The van der Waals surface area contributed by atoms with Crippen LogP contribution in [-0.2, 0) is 16.0 Å². The van der Waals surface area contributed by atoms with Crippen molar-refractivity contribution in [2.24, 2.45) is 11.8 Å². The minimum absolute atomic E-state index is 0.175. The molecule has 0 saturated carbocycles. The summed E-state index contributed by atoms with van der Waals surface area (Å²) in [6.45, 7) is 0.497. The zero-order valence-electron chi connectivity index (χ0n) is 11.2. The number of aliphatic carboxylic acids is 1. The summed E-state index contributed by atoms with van der Waals surface area (Å²) in [5.74, 6) is -2.16. The first-order valence-electron chi connectivity index (χ1n) is 6.73. The van der Waals surface area contributed by atoms with E-state index in [9.17, 15) is 9.59 Å². The zero-order valence-corrected chi connectivity index (χ0v) is 11.2. The van der Waals surface area contributed by atoms with Crippen LogP contribution in [0.15, 0.2) is 36.7 Å². The number of amides is 1. The van der Waals surface area contributed by atoms with Gasteiger partial charge >= 0.3 is 5.97 Å². The van der Waals surface area contributed by atoms with Crippen molar-refractivity contribution in [1.29, 1.82) is 0 Å². The molecule has 0 spiro atoms. The number of carboxylic acids is 1. The Bertz CT molecular complexity index is 499. The van der Waals surface area contributed by atoms with Gasteiger partial charge in [0.05, 0.1) is 11.8 Å². The molecule has 0 fully saturated rings. The van der Waals surface area contributed by atoms with Crippen LogP contribution in [-0.4, -0.2) is 28.5 Å². The van der Waals surface area contributed by atoms with Gasteiger partial charge in [-0.25, -0.2) is 0 Å². The van der Waals surface area contributed by atoms with Gasteiger partial charge < -0.3 is 10.4 Å². The highest BCUT2D eigenvalue weighted by Gasteiger charge is 2.33. The van der Waals surface area contributed by atoms with Crippen molar-refractivity contribution in [3.8, 4) is 0 Å². The maximum atomic E-state index is 12.1. The monoisotopic (exact) mass is 274 g/mol. The van der Waals surface area contributed by atoms with Crippen LogP contribution in [0.5, 0.6) is 0 Å². The van der Waals surface area contributed by atoms with Crippen LogP contribution in [0.1, 0.15) is 18.4 Å². The summed E-state index contributed by atoms with van der Waals surface area (Å²) in [7, 11) is 0. The second-order valence-corrected chi connectivity index (χ2v) is 4.90. The summed E-state index contributed by atoms with van der Waals surface area (Å²) < 4.78 is 0. The van der Waals surface area contributed by atoms with E-state index in [2.05, 4.69) is 10.3 Å². The number of carbonyl (C=O) groups is 2. The van der Waals surface area contributed by atoms with E-state index in [4.69, 9.17) is 5.11 Å². The largest absolute Gasteiger partial charge is 0.481 e. The van der Waals surface area contributed by atoms with Crippen LogP contribution < -0.4 is 5.32 Å². The lowest BCUT2D eigenvalue weighted by Gasteiger charge is -2.24. The predicted molar refractivity (Wildman–Crippen MR) is 73.9 cm³/mol. The molecule has 1 aromatic heterocycles. The molecule has 0 bridgehead atoms. The molecular weight excluding hydrogens is 256 g/mol. The van der Waals surface area contributed by atoms with Gasteiger partial charge in [0.1, 0.15) is 0 Å². The second-order valence-electron chi connectivity index (χ2n) is 4.90. The van der Waals surface area contributed by atoms with Crippen molar-refractivity contribution in [2.75, 3.05) is 6.54 Å². The Morgan fingerprint density at radius 2 is 2.05 bits per heavy atom. The highest BCUT2D eigenvalue weighted by molar-refractivity contribution is 5.85. The fraction of sp³-hybridized carbons (Fsp3) is 0.400. The third-order valence-corrected chi connectivity index (χ3v) is 3.52. The van der Waals surface area contributed by atoms with Gasteiger partial charge in [-0.3, -0.25) is 14.6 Å². The number of nitrogens with zero attached hydrogens (tertiary/aromatic N) is 1. The van der Waals surface area contributed by atoms with Gasteiger partial charge in [-0.05, 0) is 30.9 Å². The number of rotatable bonds is 5. The Kier molecular flexibility index (Phi) is 4.87. The standard InChI is InChI=1S/C15H18N2O3/c18-14(12-5-1-2-6-13(12)15(19)20)17-9-7-11-4-3-8-16-10-11/h1-4,8,10,12-13H,5-7,9H2,(H,17,18)(H,19,20). The topological polar surface area (TPSA) is 79.3 Å². The quantitative estimate of drug-likeness (QED) is 0.796. The van der Waals surface area contributed by atoms with Gasteiger partial charge in [-0.2, -0.15) is 0 Å². The molecule has 0 radical (unpaired) electrons. The fourth-order valence-corrected chi connectivity index (χ4v) is 2.38. The first-order valence-corrected chi connectivity index (χ1v) is 6.73. The number of carboxylic acid groups (broad SMARTS) is 1. The van der Waals surface area contributed by atoms with Crippen LogP contribution in [0.3, 0.4) is 0 Å². The van der Waals surface area contributed by atoms with E-state index in [-0.39, 0.29) is 5.91 Å². The second kappa shape index (κ2) is 6.84. The van der Waals surface area contributed by atoms with Crippen LogP contribution >= 0.6 is 0 Å². The Morgan fingerprint density at radius 3 is 2.70 bits per heavy atom. The van der Waals surface area contributed by atoms with Crippen LogP contribution in [0, 0.1) is 11.8 Å². The summed E-state index contributed by atoms with van der Waals surface area (Å²) in [6.07, 6.45) is 8.79. The SMILES string of the molecule is O=C(O)C1CC=CCC1C(=O)NCCc1cccnc1. The number of allylic oxidation sites excluding steroid dienone is 2. The lowest BCUT2D eigenvalue weighted by Crippen LogP contribution is -2.39. The molecule has 1 aliphatic carbocycles. The smallest absolute Gasteiger partial charge is 0.307 e. The average Bonchev–Trinajstić information content (AvgIpc) is 2.48. The van der Waals surface area contributed by atoms with E-state index >= 15 is 0 Å². The van der Waals surface area contributed by atoms with Crippen molar-refractivity contribution in [2.45, 2.75) is 19.3 Å². The minimum Gasteiger partial charge on any atom is -0.481 e. The van der Waals surface area contributed by atoms with Crippen LogP contribution in [0.25, 0.3) is 0 Å². The number of carbonyl (C=O) groups excluding carboxylic acids is 1. The van der Waals surface area contributed by atoms with Gasteiger partial charge in [0.15, 0.2) is 0 Å². The van der Waals surface area contributed by atoms with Crippen LogP contribution in [0.2, 0.25) is 0 Å². The molecular formula is C15H18N2O3. The third kappa shape index (κ3) is 3.66. The number of aromatic nitrogens is 1. The Hall–Kier alpha value is -2.17. The molecule has 0 aliphatic heterocycles. The molecule has 1 aliphatic rings. The van der Waals surface area contributed by atoms with E-state index < -0.39 is 17.8 Å². The average molecular weight is 274 g/mol. The molecule has 2 rings (SSSR count). The minimum atomic E-state index is -0.901. The molecule has 0 aromatic carbocycles. The maximum absolute atomic E-state index is 12.1. The summed E-state index contributed by atoms with van der Waals surface area (Å²) in [5.41, 5.74) is 1.05. The van der Waals surface area contributed by atoms with Gasteiger partial charge in [0.25, 0.3) is 0 Å². The third-order valence-electron chi connectivity index (χ3n) is 3.52. The van der Waals surface area contributed by atoms with Crippen molar-refractivity contribution >= 4 is 11.9 Å². The van der Waals surface area contributed by atoms with Crippen molar-refractivity contribution in [3.05, 3.63) is 42.2 Å². The van der Waals surface area contributed by atoms with Gasteiger partial charge in [0, 0.05) is 18.9 Å². The molecule has 1 amide bonds. The van der Waals surface area contributed by atoms with E-state index in [0.29, 0.717) is 25.8 Å². The highest BCUT2D eigenvalue weighted by atomic mass is 16.4. The van der Waals surface area contributed by atoms with E-state index in [1.807, 2.05) is 24.3 Å². The van der Waals surface area contributed by atoms with E-state index in [1.54, 1.807) is 12.4 Å². The first-order chi connectivity index (χ1) is 9.68. The highest BCUT2D eigenvalue weighted by Crippen LogP contribution is 2.25. The molecule has 106 valence electrons. The Labute approximate surface area is 117 Å². The molecule has 2 N–H and O–H groups in total. The molecule has 1 heterocycles. The predicted octanol–water partition coefficient (Wildman–Crippen LogP) is 1.41. The molecule has 5 nitrogen and oxygen atoms in total. The maximum Gasteiger partial charge on any atom is 0.307 e. The summed E-state index contributed by atoms with van der Waals surface area (Å²) >= 11 is 0. The Morgan fingerprint density at radius 1 is 1.30 bits per heavy atom. The lowest BCUT2D eigenvalue weighted by molar-refractivity contribution is -0.147. The fourth-order valence-electron chi connectivity index (χ4n) is 2.38. The zero-order chi connectivity index (χ0) is 14.4. The number of nitrogens with one attached hydrogen (secondary N) is 1. The van der Waals surface area contributed by atoms with Crippen molar-refractivity contribution in [3.63, 3.8) is 0 Å². The molecule has 20 heavy (non-hydrogen) atoms. The molecule has 2 atom stereocenters.